The molecule has 0 amide bonds. The molecule has 5 nitrogen and oxygen atoms in total. The summed E-state index contributed by atoms with van der Waals surface area (Å²) in [4.78, 5) is 0. The van der Waals surface area contributed by atoms with Gasteiger partial charge in [-0.05, 0) is 47.2 Å². The number of sulfone groups is 1. The lowest BCUT2D eigenvalue weighted by Crippen LogP contribution is -2.24. The van der Waals surface area contributed by atoms with E-state index in [9.17, 15) is 8.42 Å². The molecule has 2 N–H and O–H groups in total. The highest BCUT2D eigenvalue weighted by Gasteiger charge is 2.24. The predicted octanol–water partition coefficient (Wildman–Crippen LogP) is 1.19. The summed E-state index contributed by atoms with van der Waals surface area (Å²) in [6.45, 7) is 0. The van der Waals surface area contributed by atoms with Crippen molar-refractivity contribution < 1.29 is 8.42 Å². The van der Waals surface area contributed by atoms with Crippen LogP contribution >= 0.6 is 15.9 Å². The van der Waals surface area contributed by atoms with E-state index in [0.29, 0.717) is 36.1 Å². The molecule has 0 aliphatic carbocycles. The minimum absolute atomic E-state index is 0.293. The van der Waals surface area contributed by atoms with Gasteiger partial charge in [-0.15, -0.1) is 5.10 Å². The molecule has 2 heterocycles. The van der Waals surface area contributed by atoms with Crippen LogP contribution in [-0.2, 0) is 16.3 Å². The van der Waals surface area contributed by atoms with Gasteiger partial charge in [0.2, 0.25) is 0 Å². The van der Waals surface area contributed by atoms with E-state index >= 15 is 0 Å². The van der Waals surface area contributed by atoms with Crippen LogP contribution in [0.1, 0.15) is 18.5 Å². The number of nitrogen functional groups attached to an aromatic ring is 1. The van der Waals surface area contributed by atoms with Gasteiger partial charge in [-0.25, -0.2) is 8.42 Å². The van der Waals surface area contributed by atoms with E-state index in [2.05, 4.69) is 26.1 Å². The third-order valence-corrected chi connectivity index (χ3v) is 5.35. The van der Waals surface area contributed by atoms with Crippen molar-refractivity contribution in [2.75, 3.05) is 17.2 Å². The van der Waals surface area contributed by atoms with E-state index in [1.165, 1.54) is 0 Å². The topological polar surface area (TPSA) is 85.9 Å². The first-order chi connectivity index (χ1) is 7.96. The highest BCUT2D eigenvalue weighted by Crippen LogP contribution is 2.24. The second-order valence-corrected chi connectivity index (χ2v) is 7.53. The predicted molar refractivity (Wildman–Crippen MR) is 69.2 cm³/mol. The fourth-order valence-corrected chi connectivity index (χ4v) is 3.89. The molecule has 0 spiro atoms. The zero-order valence-corrected chi connectivity index (χ0v) is 11.7. The van der Waals surface area contributed by atoms with E-state index in [1.54, 1.807) is 0 Å². The first-order valence-electron chi connectivity index (χ1n) is 5.44. The van der Waals surface area contributed by atoms with Crippen LogP contribution in [0, 0.1) is 5.92 Å². The van der Waals surface area contributed by atoms with Crippen LogP contribution in [0.2, 0.25) is 0 Å². The number of hydrogen-bond donors (Lipinski definition) is 1. The van der Waals surface area contributed by atoms with Crippen molar-refractivity contribution in [3.63, 3.8) is 0 Å². The van der Waals surface area contributed by atoms with Gasteiger partial charge in [0.25, 0.3) is 0 Å². The molecule has 1 aliphatic rings. The average Bonchev–Trinajstić information content (AvgIpc) is 2.27. The number of hydrogen-bond acceptors (Lipinski definition) is 5. The normalized spacial score (nSPS) is 20.3. The van der Waals surface area contributed by atoms with Gasteiger partial charge in [0.1, 0.15) is 9.84 Å². The summed E-state index contributed by atoms with van der Waals surface area (Å²) in [7, 11) is -2.79. The van der Waals surface area contributed by atoms with E-state index in [0.717, 1.165) is 16.6 Å². The monoisotopic (exact) mass is 319 g/mol. The fraction of sp³-hybridized carbons (Fsp3) is 0.600. The standard InChI is InChI=1S/C10H14BrN3O2S/c11-9-6-8(13-14-10(9)12)5-7-1-3-17(15,16)4-2-7/h6-7H,1-5H2,(H2,12,14). The Labute approximate surface area is 109 Å². The summed E-state index contributed by atoms with van der Waals surface area (Å²) < 4.78 is 23.3. The maximum Gasteiger partial charge on any atom is 0.160 e. The number of nitrogens with zero attached hydrogens (tertiary/aromatic N) is 2. The van der Waals surface area contributed by atoms with Crippen LogP contribution in [0.3, 0.4) is 0 Å². The van der Waals surface area contributed by atoms with Crippen molar-refractivity contribution >= 4 is 31.6 Å². The van der Waals surface area contributed by atoms with E-state index < -0.39 is 9.84 Å². The molecule has 1 aromatic rings. The second-order valence-electron chi connectivity index (χ2n) is 4.37. The summed E-state index contributed by atoms with van der Waals surface area (Å²) >= 11 is 3.31. The Bertz CT molecular complexity index is 504. The highest BCUT2D eigenvalue weighted by molar-refractivity contribution is 9.10. The minimum Gasteiger partial charge on any atom is -0.381 e. The summed E-state index contributed by atoms with van der Waals surface area (Å²) in [5, 5.41) is 7.85. The van der Waals surface area contributed by atoms with E-state index in [-0.39, 0.29) is 0 Å². The Hall–Kier alpha value is -0.690. The van der Waals surface area contributed by atoms with Crippen LogP contribution in [-0.4, -0.2) is 30.1 Å². The van der Waals surface area contributed by atoms with Gasteiger partial charge < -0.3 is 5.73 Å². The van der Waals surface area contributed by atoms with Crippen LogP contribution in [0.15, 0.2) is 10.5 Å². The molecule has 0 aromatic carbocycles. The van der Waals surface area contributed by atoms with Crippen LogP contribution < -0.4 is 5.73 Å². The van der Waals surface area contributed by atoms with E-state index in [4.69, 9.17) is 5.73 Å². The molecule has 1 aliphatic heterocycles. The van der Waals surface area contributed by atoms with Gasteiger partial charge in [0.05, 0.1) is 21.7 Å². The Morgan fingerprint density at radius 2 is 2.00 bits per heavy atom. The lowest BCUT2D eigenvalue weighted by Gasteiger charge is -2.21. The largest absolute Gasteiger partial charge is 0.381 e. The van der Waals surface area contributed by atoms with Crippen molar-refractivity contribution in [3.8, 4) is 0 Å². The zero-order valence-electron chi connectivity index (χ0n) is 9.26. The molecule has 1 fully saturated rings. The average molecular weight is 320 g/mol. The maximum absolute atomic E-state index is 11.3. The number of rotatable bonds is 2. The summed E-state index contributed by atoms with van der Waals surface area (Å²) in [6, 6.07) is 1.85. The third kappa shape index (κ3) is 3.38. The first kappa shape index (κ1) is 12.8. The molecular weight excluding hydrogens is 306 g/mol. The lowest BCUT2D eigenvalue weighted by atomic mass is 9.97. The van der Waals surface area contributed by atoms with Crippen LogP contribution in [0.4, 0.5) is 5.82 Å². The fourth-order valence-electron chi connectivity index (χ4n) is 1.95. The molecule has 0 bridgehead atoms. The summed E-state index contributed by atoms with van der Waals surface area (Å²) in [5.41, 5.74) is 6.41. The minimum atomic E-state index is -2.79. The molecule has 0 atom stereocenters. The van der Waals surface area contributed by atoms with Crippen LogP contribution in [0.5, 0.6) is 0 Å². The smallest absolute Gasteiger partial charge is 0.160 e. The summed E-state index contributed by atoms with van der Waals surface area (Å²) in [6.07, 6.45) is 2.19. The quantitative estimate of drug-likeness (QED) is 0.884. The van der Waals surface area contributed by atoms with Gasteiger partial charge in [-0.3, -0.25) is 0 Å². The number of nitrogens with two attached hydrogens (primary N) is 1. The zero-order chi connectivity index (χ0) is 12.5. The number of halogens is 1. The molecule has 0 radical (unpaired) electrons. The van der Waals surface area contributed by atoms with Crippen molar-refractivity contribution in [2.45, 2.75) is 19.3 Å². The molecule has 1 saturated heterocycles. The van der Waals surface area contributed by atoms with Gasteiger partial charge in [-0.2, -0.15) is 5.10 Å². The van der Waals surface area contributed by atoms with Crippen molar-refractivity contribution in [1.29, 1.82) is 0 Å². The molecule has 0 saturated carbocycles. The van der Waals surface area contributed by atoms with Crippen molar-refractivity contribution in [2.24, 2.45) is 5.92 Å². The molecule has 94 valence electrons. The SMILES string of the molecule is Nc1nnc(CC2CCS(=O)(=O)CC2)cc1Br. The molecule has 0 unspecified atom stereocenters. The first-order valence-corrected chi connectivity index (χ1v) is 8.06. The van der Waals surface area contributed by atoms with Gasteiger partial charge >= 0.3 is 0 Å². The highest BCUT2D eigenvalue weighted by atomic mass is 79.9. The van der Waals surface area contributed by atoms with Crippen molar-refractivity contribution in [3.05, 3.63) is 16.2 Å². The Morgan fingerprint density at radius 1 is 1.35 bits per heavy atom. The molecule has 1 aromatic heterocycles. The third-order valence-electron chi connectivity index (χ3n) is 3.00. The van der Waals surface area contributed by atoms with Gasteiger partial charge in [-0.1, -0.05) is 0 Å². The Kier molecular flexibility index (Phi) is 3.67. The second kappa shape index (κ2) is 4.89. The van der Waals surface area contributed by atoms with Gasteiger partial charge in [0, 0.05) is 0 Å². The van der Waals surface area contributed by atoms with Crippen LogP contribution in [0.25, 0.3) is 0 Å². The summed E-state index contributed by atoms with van der Waals surface area (Å²) in [5.74, 6) is 1.34. The van der Waals surface area contributed by atoms with E-state index in [1.807, 2.05) is 6.07 Å². The molecule has 7 heteroatoms. The lowest BCUT2D eigenvalue weighted by molar-refractivity contribution is 0.457. The molecule has 2 rings (SSSR count). The number of aromatic nitrogens is 2. The van der Waals surface area contributed by atoms with Gasteiger partial charge in [0.15, 0.2) is 5.82 Å². The molecule has 17 heavy (non-hydrogen) atoms. The van der Waals surface area contributed by atoms with Crippen molar-refractivity contribution in [1.82, 2.24) is 10.2 Å². The maximum atomic E-state index is 11.3. The Morgan fingerprint density at radius 3 is 2.59 bits per heavy atom. The number of anilines is 1. The Balaban J connectivity index is 2.00. The molecular formula is C10H14BrN3O2S.